The Balaban J connectivity index is 1.53. The molecule has 26 heavy (non-hydrogen) atoms. The number of benzene rings is 2. The van der Waals surface area contributed by atoms with Crippen molar-refractivity contribution in [1.29, 1.82) is 0 Å². The summed E-state index contributed by atoms with van der Waals surface area (Å²) in [5, 5.41) is 0. The largest absolute Gasteiger partial charge is 0.454 e. The van der Waals surface area contributed by atoms with Gasteiger partial charge in [-0.3, -0.25) is 4.79 Å². The Labute approximate surface area is 150 Å². The molecule has 4 aliphatic rings. The molecule has 132 valence electrons. The number of aryl methyl sites for hydroxylation is 1. The van der Waals surface area contributed by atoms with E-state index in [0.717, 1.165) is 46.8 Å². The van der Waals surface area contributed by atoms with Crippen molar-refractivity contribution in [3.05, 3.63) is 46.5 Å². The third-order valence-corrected chi connectivity index (χ3v) is 5.97. The van der Waals surface area contributed by atoms with Crippen LogP contribution in [-0.2, 0) is 6.42 Å². The van der Waals surface area contributed by atoms with Gasteiger partial charge in [0, 0.05) is 18.5 Å². The number of nitrogens with zero attached hydrogens (tertiary/aromatic N) is 1. The Morgan fingerprint density at radius 1 is 0.885 bits per heavy atom. The number of rotatable bonds is 0. The van der Waals surface area contributed by atoms with Gasteiger partial charge in [-0.1, -0.05) is 0 Å². The molecule has 0 spiro atoms. The predicted octanol–water partition coefficient (Wildman–Crippen LogP) is 3.00. The topological polar surface area (TPSA) is 57.2 Å². The number of ether oxygens (including phenoxy) is 4. The van der Waals surface area contributed by atoms with Crippen molar-refractivity contribution in [3.8, 4) is 23.0 Å². The van der Waals surface area contributed by atoms with Crippen molar-refractivity contribution in [2.75, 3.05) is 20.6 Å². The molecule has 0 N–H and O–H groups in total. The molecular formula is C20H17NO5. The molecule has 6 rings (SSSR count). The number of hydrogen-bond acceptors (Lipinski definition) is 5. The van der Waals surface area contributed by atoms with Gasteiger partial charge < -0.3 is 23.8 Å². The molecule has 0 aromatic heterocycles. The molecule has 3 aliphatic heterocycles. The molecule has 1 aliphatic carbocycles. The Hall–Kier alpha value is -2.89. The SMILES string of the molecule is CN1C(=O)c2cc3c(cc2[C@H]2CCc4cc5c(cc4[C@H]21)OCO5)OCO3. The second-order valence-corrected chi connectivity index (χ2v) is 7.20. The molecule has 2 aromatic rings. The summed E-state index contributed by atoms with van der Waals surface area (Å²) in [6, 6.07) is 7.95. The van der Waals surface area contributed by atoms with E-state index in [4.69, 9.17) is 18.9 Å². The third kappa shape index (κ3) is 1.74. The highest BCUT2D eigenvalue weighted by molar-refractivity contribution is 5.98. The molecule has 1 amide bonds. The second kappa shape index (κ2) is 4.84. The fourth-order valence-electron chi connectivity index (χ4n) is 4.75. The van der Waals surface area contributed by atoms with Gasteiger partial charge >= 0.3 is 0 Å². The molecule has 6 heteroatoms. The van der Waals surface area contributed by atoms with Gasteiger partial charge in [-0.25, -0.2) is 0 Å². The summed E-state index contributed by atoms with van der Waals surface area (Å²) in [7, 11) is 1.88. The van der Waals surface area contributed by atoms with E-state index in [9.17, 15) is 4.79 Å². The highest BCUT2D eigenvalue weighted by atomic mass is 16.7. The van der Waals surface area contributed by atoms with Crippen molar-refractivity contribution < 1.29 is 23.7 Å². The van der Waals surface area contributed by atoms with Crippen molar-refractivity contribution in [1.82, 2.24) is 4.90 Å². The second-order valence-electron chi connectivity index (χ2n) is 7.20. The molecule has 2 aromatic carbocycles. The summed E-state index contributed by atoms with van der Waals surface area (Å²) in [6.07, 6.45) is 1.92. The zero-order valence-corrected chi connectivity index (χ0v) is 14.3. The van der Waals surface area contributed by atoms with Crippen molar-refractivity contribution >= 4 is 5.91 Å². The lowest BCUT2D eigenvalue weighted by Gasteiger charge is -2.44. The van der Waals surface area contributed by atoms with Gasteiger partial charge in [-0.15, -0.1) is 0 Å². The van der Waals surface area contributed by atoms with Gasteiger partial charge in [-0.05, 0) is 53.8 Å². The van der Waals surface area contributed by atoms with Gasteiger partial charge in [0.05, 0.1) is 6.04 Å². The van der Waals surface area contributed by atoms with Gasteiger partial charge in [-0.2, -0.15) is 0 Å². The number of likely N-dealkylation sites (N-methyl/N-ethyl adjacent to an activating group) is 1. The number of carbonyl (C=O) groups is 1. The highest BCUT2D eigenvalue weighted by Crippen LogP contribution is 2.52. The number of carbonyl (C=O) groups excluding carboxylic acids is 1. The first-order valence-electron chi connectivity index (χ1n) is 8.84. The van der Waals surface area contributed by atoms with Crippen LogP contribution in [-0.4, -0.2) is 31.4 Å². The summed E-state index contributed by atoms with van der Waals surface area (Å²) in [4.78, 5) is 14.9. The molecule has 0 fully saturated rings. The van der Waals surface area contributed by atoms with Gasteiger partial charge in [0.15, 0.2) is 23.0 Å². The molecule has 0 bridgehead atoms. The van der Waals surface area contributed by atoms with E-state index in [1.807, 2.05) is 24.1 Å². The third-order valence-electron chi connectivity index (χ3n) is 5.97. The van der Waals surface area contributed by atoms with Crippen molar-refractivity contribution in [2.45, 2.75) is 24.8 Å². The first-order valence-corrected chi connectivity index (χ1v) is 8.84. The van der Waals surface area contributed by atoms with Crippen molar-refractivity contribution in [3.63, 3.8) is 0 Å². The quantitative estimate of drug-likeness (QED) is 0.730. The van der Waals surface area contributed by atoms with Crippen LogP contribution in [0.1, 0.15) is 45.4 Å². The van der Waals surface area contributed by atoms with Gasteiger partial charge in [0.1, 0.15) is 0 Å². The van der Waals surface area contributed by atoms with Crippen LogP contribution in [0.15, 0.2) is 24.3 Å². The fraction of sp³-hybridized carbons (Fsp3) is 0.350. The first kappa shape index (κ1) is 14.3. The van der Waals surface area contributed by atoms with E-state index in [2.05, 4.69) is 12.1 Å². The predicted molar refractivity (Wildman–Crippen MR) is 91.0 cm³/mol. The van der Waals surface area contributed by atoms with Crippen LogP contribution in [0.25, 0.3) is 0 Å². The summed E-state index contributed by atoms with van der Waals surface area (Å²) in [5.41, 5.74) is 4.18. The summed E-state index contributed by atoms with van der Waals surface area (Å²) in [6.45, 7) is 0.468. The maximum Gasteiger partial charge on any atom is 0.254 e. The summed E-state index contributed by atoms with van der Waals surface area (Å²) in [5.74, 6) is 3.21. The summed E-state index contributed by atoms with van der Waals surface area (Å²) >= 11 is 0. The van der Waals surface area contributed by atoms with E-state index in [1.165, 1.54) is 5.56 Å². The van der Waals surface area contributed by atoms with Gasteiger partial charge in [0.25, 0.3) is 5.91 Å². The van der Waals surface area contributed by atoms with Gasteiger partial charge in [0.2, 0.25) is 13.6 Å². The molecule has 0 radical (unpaired) electrons. The van der Waals surface area contributed by atoms with Crippen LogP contribution in [0.4, 0.5) is 0 Å². The zero-order chi connectivity index (χ0) is 17.4. The Kier molecular flexibility index (Phi) is 2.66. The standard InChI is InChI=1S/C20H17NO5/c1-21-19-11(3-2-10-4-15-16(5-12(10)19)24-8-23-15)13-6-17-18(26-9-25-17)7-14(13)20(21)22/h4-7,11,19H,2-3,8-9H2,1H3/t11-,19+/m1/s1. The van der Waals surface area contributed by atoms with Crippen LogP contribution < -0.4 is 18.9 Å². The average molecular weight is 351 g/mol. The smallest absolute Gasteiger partial charge is 0.254 e. The highest BCUT2D eigenvalue weighted by Gasteiger charge is 2.43. The van der Waals surface area contributed by atoms with Crippen LogP contribution in [0.2, 0.25) is 0 Å². The molecule has 0 saturated carbocycles. The Morgan fingerprint density at radius 3 is 2.23 bits per heavy atom. The van der Waals surface area contributed by atoms with Crippen LogP contribution in [0.5, 0.6) is 23.0 Å². The van der Waals surface area contributed by atoms with Crippen molar-refractivity contribution in [2.24, 2.45) is 0 Å². The van der Waals surface area contributed by atoms with E-state index in [0.29, 0.717) is 5.75 Å². The minimum atomic E-state index is -0.00591. The zero-order valence-electron chi connectivity index (χ0n) is 14.3. The lowest BCUT2D eigenvalue weighted by molar-refractivity contribution is 0.0657. The maximum atomic E-state index is 13.1. The first-order chi connectivity index (χ1) is 12.7. The minimum Gasteiger partial charge on any atom is -0.454 e. The lowest BCUT2D eigenvalue weighted by Crippen LogP contribution is -2.42. The average Bonchev–Trinajstić information content (AvgIpc) is 3.30. The molecule has 6 nitrogen and oxygen atoms in total. The van der Waals surface area contributed by atoms with Crippen LogP contribution in [0, 0.1) is 0 Å². The number of fused-ring (bicyclic) bond motifs is 7. The molecule has 3 heterocycles. The molecule has 0 unspecified atom stereocenters. The molecule has 2 atom stereocenters. The van der Waals surface area contributed by atoms with E-state index in [-0.39, 0.29) is 31.5 Å². The number of amides is 1. The number of hydrogen-bond donors (Lipinski definition) is 0. The maximum absolute atomic E-state index is 13.1. The Bertz CT molecular complexity index is 969. The fourth-order valence-corrected chi connectivity index (χ4v) is 4.75. The lowest BCUT2D eigenvalue weighted by atomic mass is 9.72. The van der Waals surface area contributed by atoms with Crippen LogP contribution >= 0.6 is 0 Å². The molecule has 0 saturated heterocycles. The van der Waals surface area contributed by atoms with Crippen LogP contribution in [0.3, 0.4) is 0 Å². The van der Waals surface area contributed by atoms with E-state index < -0.39 is 0 Å². The Morgan fingerprint density at radius 2 is 1.50 bits per heavy atom. The normalized spacial score (nSPS) is 24.2. The van der Waals surface area contributed by atoms with E-state index in [1.54, 1.807) is 0 Å². The monoisotopic (exact) mass is 351 g/mol. The summed E-state index contributed by atoms with van der Waals surface area (Å²) < 4.78 is 22.1. The van der Waals surface area contributed by atoms with E-state index >= 15 is 0 Å². The molecular weight excluding hydrogens is 334 g/mol. The minimum absolute atomic E-state index is 0.00591.